The molecule has 0 fully saturated rings. The van der Waals surface area contributed by atoms with E-state index >= 15 is 0 Å². The maximum absolute atomic E-state index is 13.7. The number of hydrogen-bond acceptors (Lipinski definition) is 4. The van der Waals surface area contributed by atoms with Crippen molar-refractivity contribution in [3.05, 3.63) is 47.9 Å². The predicted molar refractivity (Wildman–Crippen MR) is 77.3 cm³/mol. The molecule has 1 aromatic carbocycles. The molecule has 1 amide bonds. The van der Waals surface area contributed by atoms with E-state index < -0.39 is 11.7 Å². The summed E-state index contributed by atoms with van der Waals surface area (Å²) < 4.78 is 13.7. The molecule has 0 saturated carbocycles. The van der Waals surface area contributed by atoms with Crippen LogP contribution < -0.4 is 16.0 Å². The third-order valence-corrected chi connectivity index (χ3v) is 2.70. The van der Waals surface area contributed by atoms with Crippen molar-refractivity contribution in [1.82, 2.24) is 4.98 Å². The molecular weight excluding hydrogens is 259 g/mol. The van der Waals surface area contributed by atoms with E-state index in [2.05, 4.69) is 10.3 Å². The normalized spacial score (nSPS) is 10.2. The molecule has 6 heteroatoms. The number of carbonyl (C=O) groups is 1. The first-order chi connectivity index (χ1) is 9.49. The molecule has 5 nitrogen and oxygen atoms in total. The van der Waals surface area contributed by atoms with Gasteiger partial charge in [-0.15, -0.1) is 0 Å². The van der Waals surface area contributed by atoms with Gasteiger partial charge < -0.3 is 16.0 Å². The fourth-order valence-corrected chi connectivity index (χ4v) is 1.76. The Morgan fingerprint density at radius 2 is 2.10 bits per heavy atom. The van der Waals surface area contributed by atoms with Gasteiger partial charge in [0.1, 0.15) is 5.82 Å². The van der Waals surface area contributed by atoms with Crippen LogP contribution in [0, 0.1) is 5.82 Å². The number of benzene rings is 1. The van der Waals surface area contributed by atoms with Crippen LogP contribution >= 0.6 is 0 Å². The first-order valence-electron chi connectivity index (χ1n) is 5.97. The number of nitrogens with two attached hydrogens (primary N) is 1. The Morgan fingerprint density at radius 3 is 2.75 bits per heavy atom. The lowest BCUT2D eigenvalue weighted by molar-refractivity contribution is 0.102. The third-order valence-electron chi connectivity index (χ3n) is 2.70. The highest BCUT2D eigenvalue weighted by Gasteiger charge is 2.14. The number of halogens is 1. The van der Waals surface area contributed by atoms with Crippen molar-refractivity contribution in [3.63, 3.8) is 0 Å². The zero-order chi connectivity index (χ0) is 14.7. The molecule has 1 aromatic heterocycles. The molecule has 1 heterocycles. The van der Waals surface area contributed by atoms with Gasteiger partial charge in [0.25, 0.3) is 5.91 Å². The zero-order valence-corrected chi connectivity index (χ0v) is 11.2. The number of nitrogens with zero attached hydrogens (tertiary/aromatic N) is 2. The molecule has 104 valence electrons. The van der Waals surface area contributed by atoms with Gasteiger partial charge in [0.15, 0.2) is 5.82 Å². The van der Waals surface area contributed by atoms with E-state index in [1.54, 1.807) is 23.2 Å². The van der Waals surface area contributed by atoms with Gasteiger partial charge in [-0.3, -0.25) is 4.79 Å². The van der Waals surface area contributed by atoms with Crippen molar-refractivity contribution in [2.45, 2.75) is 0 Å². The molecule has 20 heavy (non-hydrogen) atoms. The smallest absolute Gasteiger partial charge is 0.258 e. The molecule has 3 N–H and O–H groups in total. The second kappa shape index (κ2) is 5.56. The molecule has 0 atom stereocenters. The Morgan fingerprint density at radius 1 is 1.35 bits per heavy atom. The predicted octanol–water partition coefficient (Wildman–Crippen LogP) is 2.12. The van der Waals surface area contributed by atoms with E-state index in [4.69, 9.17) is 5.73 Å². The van der Waals surface area contributed by atoms with Gasteiger partial charge in [0.2, 0.25) is 0 Å². The van der Waals surface area contributed by atoms with E-state index in [-0.39, 0.29) is 11.3 Å². The summed E-state index contributed by atoms with van der Waals surface area (Å²) in [4.78, 5) is 18.0. The SMILES string of the molecule is CN(C)c1ncccc1NC(=O)c1ccc(N)cc1F. The van der Waals surface area contributed by atoms with Gasteiger partial charge in [-0.2, -0.15) is 0 Å². The number of nitrogens with one attached hydrogen (secondary N) is 1. The van der Waals surface area contributed by atoms with E-state index in [1.165, 1.54) is 12.1 Å². The van der Waals surface area contributed by atoms with Crippen LogP contribution in [0.5, 0.6) is 0 Å². The van der Waals surface area contributed by atoms with Crippen molar-refractivity contribution < 1.29 is 9.18 Å². The summed E-state index contributed by atoms with van der Waals surface area (Å²) in [5.41, 5.74) is 6.18. The van der Waals surface area contributed by atoms with Crippen LogP contribution in [0.3, 0.4) is 0 Å². The maximum atomic E-state index is 13.7. The summed E-state index contributed by atoms with van der Waals surface area (Å²) in [6, 6.07) is 7.35. The van der Waals surface area contributed by atoms with Crippen molar-refractivity contribution in [3.8, 4) is 0 Å². The number of carbonyl (C=O) groups excluding carboxylic acids is 1. The van der Waals surface area contributed by atoms with Crippen LogP contribution in [0.15, 0.2) is 36.5 Å². The van der Waals surface area contributed by atoms with Crippen molar-refractivity contribution in [1.29, 1.82) is 0 Å². The number of anilines is 3. The Bertz CT molecular complexity index is 643. The average Bonchev–Trinajstić information content (AvgIpc) is 2.38. The lowest BCUT2D eigenvalue weighted by Crippen LogP contribution is -2.18. The second-order valence-corrected chi connectivity index (χ2v) is 4.46. The van der Waals surface area contributed by atoms with Crippen molar-refractivity contribution in [2.75, 3.05) is 30.0 Å². The quantitative estimate of drug-likeness (QED) is 0.841. The van der Waals surface area contributed by atoms with Gasteiger partial charge in [-0.25, -0.2) is 9.37 Å². The van der Waals surface area contributed by atoms with E-state index in [9.17, 15) is 9.18 Å². The van der Waals surface area contributed by atoms with Gasteiger partial charge >= 0.3 is 0 Å². The van der Waals surface area contributed by atoms with Crippen LogP contribution in [0.2, 0.25) is 0 Å². The zero-order valence-electron chi connectivity index (χ0n) is 11.2. The van der Waals surface area contributed by atoms with E-state index in [0.717, 1.165) is 6.07 Å². The minimum Gasteiger partial charge on any atom is -0.399 e. The highest BCUT2D eigenvalue weighted by atomic mass is 19.1. The molecule has 0 unspecified atom stereocenters. The molecule has 0 radical (unpaired) electrons. The molecule has 0 aliphatic rings. The van der Waals surface area contributed by atoms with Gasteiger partial charge in [-0.05, 0) is 30.3 Å². The topological polar surface area (TPSA) is 71.2 Å². The molecule has 2 aromatic rings. The van der Waals surface area contributed by atoms with Crippen LogP contribution in [-0.4, -0.2) is 25.0 Å². The molecule has 0 aliphatic heterocycles. The van der Waals surface area contributed by atoms with Crippen molar-refractivity contribution in [2.24, 2.45) is 0 Å². The lowest BCUT2D eigenvalue weighted by Gasteiger charge is -2.16. The maximum Gasteiger partial charge on any atom is 0.258 e. The Labute approximate surface area is 116 Å². The largest absolute Gasteiger partial charge is 0.399 e. The van der Waals surface area contributed by atoms with Crippen LogP contribution in [0.1, 0.15) is 10.4 Å². The highest BCUT2D eigenvalue weighted by Crippen LogP contribution is 2.22. The summed E-state index contributed by atoms with van der Waals surface area (Å²) >= 11 is 0. The van der Waals surface area contributed by atoms with Crippen LogP contribution in [-0.2, 0) is 0 Å². The number of hydrogen-bond donors (Lipinski definition) is 2. The lowest BCUT2D eigenvalue weighted by atomic mass is 10.1. The minimum absolute atomic E-state index is 0.0623. The molecular formula is C14H15FN4O. The van der Waals surface area contributed by atoms with Crippen LogP contribution in [0.25, 0.3) is 0 Å². The van der Waals surface area contributed by atoms with E-state index in [0.29, 0.717) is 11.5 Å². The molecule has 0 aliphatic carbocycles. The van der Waals surface area contributed by atoms with Crippen molar-refractivity contribution >= 4 is 23.1 Å². The second-order valence-electron chi connectivity index (χ2n) is 4.46. The molecule has 2 rings (SSSR count). The molecule has 0 saturated heterocycles. The van der Waals surface area contributed by atoms with Gasteiger partial charge in [0.05, 0.1) is 11.3 Å². The monoisotopic (exact) mass is 274 g/mol. The summed E-state index contributed by atoms with van der Waals surface area (Å²) in [6.45, 7) is 0. The minimum atomic E-state index is -0.655. The summed E-state index contributed by atoms with van der Waals surface area (Å²) in [7, 11) is 3.61. The summed E-state index contributed by atoms with van der Waals surface area (Å²) in [5, 5.41) is 2.64. The number of aromatic nitrogens is 1. The number of amides is 1. The number of pyridine rings is 1. The summed E-state index contributed by atoms with van der Waals surface area (Å²) in [6.07, 6.45) is 1.62. The van der Waals surface area contributed by atoms with Gasteiger partial charge in [-0.1, -0.05) is 0 Å². The Hall–Kier alpha value is -2.63. The number of rotatable bonds is 3. The van der Waals surface area contributed by atoms with Gasteiger partial charge in [0, 0.05) is 26.0 Å². The standard InChI is InChI=1S/C14H15FN4O/c1-19(2)13-12(4-3-7-17-13)18-14(20)10-6-5-9(16)8-11(10)15/h3-8H,16H2,1-2H3,(H,18,20). The Kier molecular flexibility index (Phi) is 3.84. The fraction of sp³-hybridized carbons (Fsp3) is 0.143. The number of nitrogen functional groups attached to an aromatic ring is 1. The first-order valence-corrected chi connectivity index (χ1v) is 5.97. The highest BCUT2D eigenvalue weighted by molar-refractivity contribution is 6.05. The molecule has 0 bridgehead atoms. The average molecular weight is 274 g/mol. The molecule has 0 spiro atoms. The first kappa shape index (κ1) is 13.8. The fourth-order valence-electron chi connectivity index (χ4n) is 1.76. The third kappa shape index (κ3) is 2.85. The van der Waals surface area contributed by atoms with Crippen LogP contribution in [0.4, 0.5) is 21.6 Å². The van der Waals surface area contributed by atoms with E-state index in [1.807, 2.05) is 14.1 Å². The summed E-state index contributed by atoms with van der Waals surface area (Å²) in [5.74, 6) is -0.604. The Balaban J connectivity index is 2.28.